The molecule has 5 rings (SSSR count). The number of fused-ring (bicyclic) bond motifs is 7. The van der Waals surface area contributed by atoms with Crippen LogP contribution in [0, 0.1) is 22.7 Å². The van der Waals surface area contributed by atoms with Gasteiger partial charge in [0.25, 0.3) is 5.91 Å². The Morgan fingerprint density at radius 3 is 2.50 bits per heavy atom. The van der Waals surface area contributed by atoms with Gasteiger partial charge in [-0.1, -0.05) is 26.0 Å². The molecule has 0 aromatic carbocycles. The quantitative estimate of drug-likeness (QED) is 0.543. The number of carbonyl (C=O) groups is 3. The molecule has 4 fully saturated rings. The number of rotatable bonds is 1. The van der Waals surface area contributed by atoms with Crippen LogP contribution in [0.25, 0.3) is 0 Å². The Balaban J connectivity index is 1.56. The Labute approximate surface area is 140 Å². The van der Waals surface area contributed by atoms with Crippen molar-refractivity contribution in [3.05, 3.63) is 12.2 Å². The van der Waals surface area contributed by atoms with Gasteiger partial charge >= 0.3 is 12.1 Å². The van der Waals surface area contributed by atoms with Crippen LogP contribution in [0.2, 0.25) is 0 Å². The minimum Gasteiger partial charge on any atom is -0.448 e. The van der Waals surface area contributed by atoms with E-state index in [0.29, 0.717) is 12.8 Å². The summed E-state index contributed by atoms with van der Waals surface area (Å²) in [5, 5.41) is 0. The average Bonchev–Trinajstić information content (AvgIpc) is 3.25. The van der Waals surface area contributed by atoms with Gasteiger partial charge in [-0.3, -0.25) is 9.59 Å². The van der Waals surface area contributed by atoms with Crippen LogP contribution in [-0.2, 0) is 19.1 Å². The van der Waals surface area contributed by atoms with Crippen molar-refractivity contribution in [1.29, 1.82) is 0 Å². The van der Waals surface area contributed by atoms with Gasteiger partial charge < -0.3 is 9.47 Å². The molecule has 0 spiro atoms. The molecule has 128 valence electrons. The summed E-state index contributed by atoms with van der Waals surface area (Å²) < 4.78 is 11.2. The standard InChI is InChI=1S/C18H21NO5/c1-16(2)17(3)6-7-18(16,24-14(17)21)13(20)19-11-9-4-5-10(8-9)12(11)23-15(19)22/h4-5,9-12H,6-8H2,1-3H3/t9-,10+,11-,12+,17+,18-/m1/s1. The van der Waals surface area contributed by atoms with Gasteiger partial charge in [0, 0.05) is 17.3 Å². The molecule has 0 radical (unpaired) electrons. The number of ether oxygens (including phenoxy) is 2. The minimum atomic E-state index is -1.25. The van der Waals surface area contributed by atoms with Crippen molar-refractivity contribution in [3.63, 3.8) is 0 Å². The van der Waals surface area contributed by atoms with Crippen LogP contribution in [0.15, 0.2) is 12.2 Å². The summed E-state index contributed by atoms with van der Waals surface area (Å²) in [5.74, 6) is -0.364. The van der Waals surface area contributed by atoms with Crippen LogP contribution in [0.1, 0.15) is 40.0 Å². The smallest absolute Gasteiger partial charge is 0.417 e. The maximum atomic E-state index is 13.5. The fraction of sp³-hybridized carbons (Fsp3) is 0.722. The molecule has 6 atom stereocenters. The monoisotopic (exact) mass is 331 g/mol. The molecule has 6 nitrogen and oxygen atoms in total. The molecule has 2 heterocycles. The van der Waals surface area contributed by atoms with Crippen LogP contribution < -0.4 is 0 Å². The first-order valence-electron chi connectivity index (χ1n) is 8.69. The van der Waals surface area contributed by atoms with Crippen molar-refractivity contribution in [2.24, 2.45) is 22.7 Å². The summed E-state index contributed by atoms with van der Waals surface area (Å²) in [7, 11) is 0. The molecule has 24 heavy (non-hydrogen) atoms. The third-order valence-electron chi connectivity index (χ3n) is 7.73. The van der Waals surface area contributed by atoms with Gasteiger partial charge in [0.05, 0.1) is 11.5 Å². The molecule has 0 aromatic heterocycles. The zero-order chi connectivity index (χ0) is 17.1. The minimum absolute atomic E-state index is 0.153. The summed E-state index contributed by atoms with van der Waals surface area (Å²) in [6, 6.07) is -0.253. The van der Waals surface area contributed by atoms with E-state index in [4.69, 9.17) is 9.47 Å². The highest BCUT2D eigenvalue weighted by atomic mass is 16.6. The summed E-state index contributed by atoms with van der Waals surface area (Å²) in [4.78, 5) is 39.6. The fourth-order valence-electron chi connectivity index (χ4n) is 5.68. The summed E-state index contributed by atoms with van der Waals surface area (Å²) >= 11 is 0. The first kappa shape index (κ1) is 14.5. The van der Waals surface area contributed by atoms with Crippen LogP contribution in [-0.4, -0.2) is 40.6 Å². The van der Waals surface area contributed by atoms with Crippen molar-refractivity contribution in [1.82, 2.24) is 4.90 Å². The van der Waals surface area contributed by atoms with E-state index in [1.165, 1.54) is 4.90 Å². The predicted octanol–water partition coefficient (Wildman–Crippen LogP) is 2.03. The van der Waals surface area contributed by atoms with E-state index >= 15 is 0 Å². The van der Waals surface area contributed by atoms with E-state index < -0.39 is 22.5 Å². The van der Waals surface area contributed by atoms with Gasteiger partial charge in [0.2, 0.25) is 0 Å². The lowest BCUT2D eigenvalue weighted by molar-refractivity contribution is -0.173. The van der Waals surface area contributed by atoms with Crippen LogP contribution >= 0.6 is 0 Å². The highest BCUT2D eigenvalue weighted by Gasteiger charge is 2.77. The zero-order valence-corrected chi connectivity index (χ0v) is 14.1. The van der Waals surface area contributed by atoms with Gasteiger partial charge in [0.1, 0.15) is 6.10 Å². The predicted molar refractivity (Wildman–Crippen MR) is 81.6 cm³/mol. The highest BCUT2D eigenvalue weighted by molar-refractivity contribution is 6.03. The molecule has 2 aliphatic heterocycles. The first-order valence-corrected chi connectivity index (χ1v) is 8.69. The molecule has 2 amide bonds. The van der Waals surface area contributed by atoms with E-state index in [-0.39, 0.29) is 35.9 Å². The summed E-state index contributed by atoms with van der Waals surface area (Å²) in [5.41, 5.74) is -2.58. The van der Waals surface area contributed by atoms with E-state index in [1.807, 2.05) is 20.8 Å². The molecular formula is C18H21NO5. The molecule has 5 aliphatic rings. The van der Waals surface area contributed by atoms with Crippen molar-refractivity contribution in [3.8, 4) is 0 Å². The number of carbonyl (C=O) groups excluding carboxylic acids is 3. The number of esters is 1. The average molecular weight is 331 g/mol. The second-order valence-electron chi connectivity index (χ2n) is 8.64. The SMILES string of the molecule is CC1(C)[C@@]2(C)CC[C@]1(C(=O)N1C(=O)O[C@@H]3[C@H]1[C@@H]1C=C[C@H]3C1)OC2=O. The van der Waals surface area contributed by atoms with Gasteiger partial charge in [-0.2, -0.15) is 0 Å². The molecule has 0 aromatic rings. The van der Waals surface area contributed by atoms with Gasteiger partial charge in [-0.15, -0.1) is 0 Å². The third kappa shape index (κ3) is 1.24. The third-order valence-corrected chi connectivity index (χ3v) is 7.73. The number of hydrogen-bond acceptors (Lipinski definition) is 5. The molecule has 2 saturated heterocycles. The lowest BCUT2D eigenvalue weighted by atomic mass is 9.66. The Morgan fingerprint density at radius 1 is 1.17 bits per heavy atom. The molecule has 2 saturated carbocycles. The second kappa shape index (κ2) is 3.86. The number of hydrogen-bond donors (Lipinski definition) is 0. The molecule has 4 bridgehead atoms. The summed E-state index contributed by atoms with van der Waals surface area (Å²) in [6.45, 7) is 5.67. The molecule has 3 aliphatic carbocycles. The van der Waals surface area contributed by atoms with Crippen molar-refractivity contribution in [2.45, 2.75) is 57.8 Å². The zero-order valence-electron chi connectivity index (χ0n) is 14.1. The van der Waals surface area contributed by atoms with E-state index in [2.05, 4.69) is 12.2 Å². The maximum Gasteiger partial charge on any atom is 0.417 e. The van der Waals surface area contributed by atoms with Crippen molar-refractivity contribution >= 4 is 18.0 Å². The van der Waals surface area contributed by atoms with E-state index in [9.17, 15) is 14.4 Å². The van der Waals surface area contributed by atoms with Gasteiger partial charge in [0.15, 0.2) is 5.60 Å². The normalized spacial score (nSPS) is 49.5. The number of amides is 2. The maximum absolute atomic E-state index is 13.5. The van der Waals surface area contributed by atoms with Crippen LogP contribution in [0.3, 0.4) is 0 Å². The topological polar surface area (TPSA) is 72.9 Å². The van der Waals surface area contributed by atoms with Crippen molar-refractivity contribution < 1.29 is 23.9 Å². The van der Waals surface area contributed by atoms with Gasteiger partial charge in [-0.05, 0) is 26.2 Å². The van der Waals surface area contributed by atoms with Crippen molar-refractivity contribution in [2.75, 3.05) is 0 Å². The molecule has 0 N–H and O–H groups in total. The Bertz CT molecular complexity index is 727. The molecule has 0 unspecified atom stereocenters. The lowest BCUT2D eigenvalue weighted by Gasteiger charge is -2.38. The summed E-state index contributed by atoms with van der Waals surface area (Å²) in [6.07, 6.45) is 5.31. The van der Waals surface area contributed by atoms with Crippen LogP contribution in [0.5, 0.6) is 0 Å². The molecule has 6 heteroatoms. The van der Waals surface area contributed by atoms with E-state index in [1.54, 1.807) is 0 Å². The Hall–Kier alpha value is -1.85. The Kier molecular flexibility index (Phi) is 2.33. The fourth-order valence-corrected chi connectivity index (χ4v) is 5.68. The largest absolute Gasteiger partial charge is 0.448 e. The van der Waals surface area contributed by atoms with Crippen LogP contribution in [0.4, 0.5) is 4.79 Å². The van der Waals surface area contributed by atoms with Gasteiger partial charge in [-0.25, -0.2) is 9.69 Å². The van der Waals surface area contributed by atoms with E-state index in [0.717, 1.165) is 6.42 Å². The number of nitrogens with zero attached hydrogens (tertiary/aromatic N) is 1. The lowest BCUT2D eigenvalue weighted by Crippen LogP contribution is -2.58. The first-order chi connectivity index (χ1) is 11.2. The number of imide groups is 1. The highest BCUT2D eigenvalue weighted by Crippen LogP contribution is 2.66. The molecular weight excluding hydrogens is 310 g/mol. The Morgan fingerprint density at radius 2 is 1.88 bits per heavy atom. The second-order valence-corrected chi connectivity index (χ2v) is 8.64.